The Balaban J connectivity index is 1.37. The number of aromatic nitrogens is 3. The lowest BCUT2D eigenvalue weighted by Crippen LogP contribution is -2.50. The van der Waals surface area contributed by atoms with Crippen molar-refractivity contribution in [2.24, 2.45) is 0 Å². The minimum Gasteiger partial charge on any atom is -0.461 e. The van der Waals surface area contributed by atoms with Gasteiger partial charge in [-0.2, -0.15) is 9.97 Å². The van der Waals surface area contributed by atoms with Crippen LogP contribution in [0.1, 0.15) is 63.4 Å². The Labute approximate surface area is 275 Å². The van der Waals surface area contributed by atoms with E-state index >= 15 is 8.78 Å². The van der Waals surface area contributed by atoms with Gasteiger partial charge in [-0.3, -0.25) is 9.69 Å². The third-order valence-electron chi connectivity index (χ3n) is 10.3. The summed E-state index contributed by atoms with van der Waals surface area (Å²) < 4.78 is 53.7. The molecule has 7 heterocycles. The molecular weight excluding hydrogens is 635 g/mol. The van der Waals surface area contributed by atoms with E-state index in [1.54, 1.807) is 4.90 Å². The topological polar surface area (TPSA) is 130 Å². The molecule has 6 bridgehead atoms. The van der Waals surface area contributed by atoms with Gasteiger partial charge >= 0.3 is 6.01 Å². The molecule has 4 N–H and O–H groups in total. The van der Waals surface area contributed by atoms with E-state index in [0.29, 0.717) is 63.6 Å². The highest BCUT2D eigenvalue weighted by atomic mass is 35.5. The van der Waals surface area contributed by atoms with Crippen molar-refractivity contribution < 1.29 is 27.8 Å². The smallest absolute Gasteiger partial charge is 0.319 e. The maximum absolute atomic E-state index is 16.8. The molecule has 0 saturated carbocycles. The normalized spacial score (nSPS) is 27.0. The van der Waals surface area contributed by atoms with Gasteiger partial charge in [0, 0.05) is 44.4 Å². The summed E-state index contributed by atoms with van der Waals surface area (Å²) in [6, 6.07) is 2.49. The van der Waals surface area contributed by atoms with Gasteiger partial charge in [-0.1, -0.05) is 11.6 Å². The second kappa shape index (κ2) is 12.6. The number of fused-ring (bicyclic) bond motifs is 9. The summed E-state index contributed by atoms with van der Waals surface area (Å²) in [6.07, 6.45) is 4.00. The molecular formula is C33H39ClF3N7O3. The van der Waals surface area contributed by atoms with E-state index in [2.05, 4.69) is 25.2 Å². The number of nitrogens with two attached hydrogens (primary N) is 1. The number of pyridine rings is 1. The molecule has 47 heavy (non-hydrogen) atoms. The number of nitrogens with zero attached hydrogens (tertiary/aromatic N) is 5. The molecule has 0 spiro atoms. The van der Waals surface area contributed by atoms with E-state index < -0.39 is 28.9 Å². The second-order valence-corrected chi connectivity index (χ2v) is 13.9. The quantitative estimate of drug-likeness (QED) is 0.338. The first-order valence-corrected chi connectivity index (χ1v) is 16.8. The van der Waals surface area contributed by atoms with E-state index in [0.717, 1.165) is 19.4 Å². The zero-order valence-corrected chi connectivity index (χ0v) is 26.9. The van der Waals surface area contributed by atoms with E-state index in [1.807, 2.05) is 0 Å². The molecule has 0 aliphatic carbocycles. The number of halogens is 4. The summed E-state index contributed by atoms with van der Waals surface area (Å²) in [5.41, 5.74) is 4.41. The van der Waals surface area contributed by atoms with Crippen LogP contribution in [-0.2, 0) is 11.2 Å². The molecule has 3 atom stereocenters. The van der Waals surface area contributed by atoms with Crippen LogP contribution in [0.15, 0.2) is 12.1 Å². The lowest BCUT2D eigenvalue weighted by Gasteiger charge is -2.40. The van der Waals surface area contributed by atoms with Crippen molar-refractivity contribution in [3.8, 4) is 17.1 Å². The molecule has 3 fully saturated rings. The first-order chi connectivity index (χ1) is 22.5. The van der Waals surface area contributed by atoms with Gasteiger partial charge in [-0.25, -0.2) is 18.2 Å². The van der Waals surface area contributed by atoms with Gasteiger partial charge in [0.2, 0.25) is 5.91 Å². The number of nitrogens with one attached hydrogen (secondary N) is 1. The number of benzene rings is 1. The average molecular weight is 674 g/mol. The zero-order valence-electron chi connectivity index (χ0n) is 26.1. The molecule has 5 aliphatic heterocycles. The molecule has 252 valence electrons. The lowest BCUT2D eigenvalue weighted by molar-refractivity contribution is -0.121. The Hall–Kier alpha value is -3.42. The number of alkyl halides is 1. The highest BCUT2D eigenvalue weighted by Crippen LogP contribution is 2.42. The SMILES string of the molecule is Nc1cc2c(c(Cl)n1)CCCCC(=O)NCCC1(O)CCCN(C1)c1nc(OCC34CCCN3CC(F)C4)nc3c(F)c-2c(F)cc13. The maximum atomic E-state index is 16.8. The highest BCUT2D eigenvalue weighted by Gasteiger charge is 2.49. The summed E-state index contributed by atoms with van der Waals surface area (Å²) in [5.74, 6) is -1.71. The van der Waals surface area contributed by atoms with Crippen LogP contribution < -0.4 is 20.7 Å². The number of piperidine rings is 1. The molecule has 14 heteroatoms. The predicted molar refractivity (Wildman–Crippen MR) is 172 cm³/mol. The third-order valence-corrected chi connectivity index (χ3v) is 10.6. The molecule has 5 aliphatic rings. The number of carbonyl (C=O) groups is 1. The number of ether oxygens (including phenoxy) is 1. The van der Waals surface area contributed by atoms with Crippen LogP contribution in [0.3, 0.4) is 0 Å². The van der Waals surface area contributed by atoms with Crippen molar-refractivity contribution in [3.63, 3.8) is 0 Å². The summed E-state index contributed by atoms with van der Waals surface area (Å²) in [4.78, 5) is 29.8. The van der Waals surface area contributed by atoms with E-state index in [9.17, 15) is 14.3 Å². The van der Waals surface area contributed by atoms with Crippen LogP contribution in [0.25, 0.3) is 22.0 Å². The summed E-state index contributed by atoms with van der Waals surface area (Å²) in [5, 5.41) is 14.6. The number of nitrogen functional groups attached to an aromatic ring is 1. The van der Waals surface area contributed by atoms with Crippen LogP contribution in [0, 0.1) is 11.6 Å². The first-order valence-electron chi connectivity index (χ1n) is 16.5. The van der Waals surface area contributed by atoms with E-state index in [4.69, 9.17) is 22.1 Å². The fourth-order valence-corrected chi connectivity index (χ4v) is 8.28. The molecule has 8 rings (SSSR count). The second-order valence-electron chi connectivity index (χ2n) is 13.6. The Morgan fingerprint density at radius 3 is 2.74 bits per heavy atom. The van der Waals surface area contributed by atoms with Crippen LogP contribution in [0.2, 0.25) is 5.15 Å². The summed E-state index contributed by atoms with van der Waals surface area (Å²) >= 11 is 6.50. The molecule has 10 nitrogen and oxygen atoms in total. The number of aliphatic hydroxyl groups is 1. The third kappa shape index (κ3) is 6.17. The van der Waals surface area contributed by atoms with Crippen molar-refractivity contribution in [3.05, 3.63) is 34.5 Å². The van der Waals surface area contributed by atoms with Gasteiger partial charge in [0.15, 0.2) is 5.82 Å². The number of carbonyl (C=O) groups excluding carboxylic acids is 1. The minimum atomic E-state index is -1.17. The number of amides is 1. The largest absolute Gasteiger partial charge is 0.461 e. The van der Waals surface area contributed by atoms with Gasteiger partial charge in [0.05, 0.1) is 16.7 Å². The van der Waals surface area contributed by atoms with Crippen molar-refractivity contribution in [1.82, 2.24) is 25.2 Å². The van der Waals surface area contributed by atoms with Crippen LogP contribution >= 0.6 is 11.6 Å². The molecule has 2 aromatic heterocycles. The standard InChI is InChI=1S/C33H39ClF3N7O3/c34-29-20-5-1-2-6-25(45)39-10-9-33(46)8-4-11-43(17-33)30-22-13-23(36)26(21(20)14-24(38)40-29)27(37)28(22)41-31(42-30)47-18-32-7-3-12-44(32)16-19(35)15-32/h13-14,19,46H,1-12,15-18H2,(H2,38,40)(H,39,45). The van der Waals surface area contributed by atoms with E-state index in [1.165, 1.54) is 12.1 Å². The van der Waals surface area contributed by atoms with Crippen molar-refractivity contribution in [2.75, 3.05) is 50.0 Å². The van der Waals surface area contributed by atoms with Gasteiger partial charge < -0.3 is 25.8 Å². The Kier molecular flexibility index (Phi) is 8.58. The molecule has 1 amide bonds. The maximum Gasteiger partial charge on any atom is 0.319 e. The highest BCUT2D eigenvalue weighted by molar-refractivity contribution is 6.30. The molecule has 3 saturated heterocycles. The lowest BCUT2D eigenvalue weighted by atomic mass is 9.89. The van der Waals surface area contributed by atoms with Crippen molar-refractivity contribution in [2.45, 2.75) is 81.5 Å². The number of rotatable bonds is 3. The van der Waals surface area contributed by atoms with Crippen molar-refractivity contribution in [1.29, 1.82) is 0 Å². The fourth-order valence-electron chi connectivity index (χ4n) is 7.99. The van der Waals surface area contributed by atoms with Crippen molar-refractivity contribution >= 4 is 40.0 Å². The van der Waals surface area contributed by atoms with Crippen LogP contribution in [0.5, 0.6) is 6.01 Å². The molecule has 0 radical (unpaired) electrons. The Morgan fingerprint density at radius 1 is 1.09 bits per heavy atom. The van der Waals surface area contributed by atoms with Gasteiger partial charge in [0.1, 0.15) is 40.9 Å². The Morgan fingerprint density at radius 2 is 1.89 bits per heavy atom. The van der Waals surface area contributed by atoms with Gasteiger partial charge in [0.25, 0.3) is 0 Å². The molecule has 3 unspecified atom stereocenters. The zero-order chi connectivity index (χ0) is 32.9. The number of hydrogen-bond donors (Lipinski definition) is 3. The Bertz CT molecular complexity index is 1720. The van der Waals surface area contributed by atoms with E-state index in [-0.39, 0.29) is 76.9 Å². The summed E-state index contributed by atoms with van der Waals surface area (Å²) in [6.45, 7) is 2.11. The van der Waals surface area contributed by atoms with Gasteiger partial charge in [-0.05, 0) is 81.2 Å². The summed E-state index contributed by atoms with van der Waals surface area (Å²) in [7, 11) is 0. The first kappa shape index (κ1) is 32.1. The van der Waals surface area contributed by atoms with Gasteiger partial charge in [-0.15, -0.1) is 0 Å². The fraction of sp³-hybridized carbons (Fsp3) is 0.576. The molecule has 3 aromatic rings. The monoisotopic (exact) mass is 673 g/mol. The van der Waals surface area contributed by atoms with Crippen LogP contribution in [-0.4, -0.2) is 87.5 Å². The predicted octanol–water partition coefficient (Wildman–Crippen LogP) is 4.72. The van der Waals surface area contributed by atoms with Crippen LogP contribution in [0.4, 0.5) is 24.8 Å². The minimum absolute atomic E-state index is 0.00253. The number of hydrogen-bond acceptors (Lipinski definition) is 9. The average Bonchev–Trinajstić information content (AvgIpc) is 3.54. The number of anilines is 2. The molecule has 1 aromatic carbocycles.